The van der Waals surface area contributed by atoms with Crippen LogP contribution in [0.15, 0.2) is 35.1 Å². The molecule has 0 radical (unpaired) electrons. The zero-order valence-electron chi connectivity index (χ0n) is 14.0. The van der Waals surface area contributed by atoms with Gasteiger partial charge in [0.1, 0.15) is 12.3 Å². The van der Waals surface area contributed by atoms with E-state index in [2.05, 4.69) is 10.1 Å². The van der Waals surface area contributed by atoms with Gasteiger partial charge in [0.25, 0.3) is 5.56 Å². The van der Waals surface area contributed by atoms with Crippen LogP contribution in [0, 0.1) is 0 Å². The number of nitrogens with one attached hydrogen (secondary N) is 1. The average Bonchev–Trinajstić information content (AvgIpc) is 2.95. The Morgan fingerprint density at radius 2 is 2.08 bits per heavy atom. The second-order valence-corrected chi connectivity index (χ2v) is 6.39. The number of nitrogens with zero attached hydrogens (tertiary/aromatic N) is 2. The molecule has 0 aliphatic heterocycles. The van der Waals surface area contributed by atoms with Crippen molar-refractivity contribution >= 4 is 16.9 Å². The Morgan fingerprint density at radius 1 is 1.28 bits per heavy atom. The molecule has 1 aromatic carbocycles. The summed E-state index contributed by atoms with van der Waals surface area (Å²) in [7, 11) is 1.76. The van der Waals surface area contributed by atoms with Gasteiger partial charge in [0.05, 0.1) is 11.3 Å². The molecule has 6 heteroatoms. The third kappa shape index (κ3) is 2.84. The fourth-order valence-corrected chi connectivity index (χ4v) is 3.45. The Labute approximate surface area is 144 Å². The summed E-state index contributed by atoms with van der Waals surface area (Å²) in [6.45, 7) is -0.0566. The van der Waals surface area contributed by atoms with Gasteiger partial charge in [-0.15, -0.1) is 0 Å². The molecule has 128 valence electrons. The third-order valence-corrected chi connectivity index (χ3v) is 4.70. The van der Waals surface area contributed by atoms with E-state index in [4.69, 9.17) is 4.74 Å². The molecular formula is C19H19N3O3. The number of benzene rings is 1. The number of carbonyl (C=O) groups is 1. The van der Waals surface area contributed by atoms with Crippen LogP contribution in [-0.2, 0) is 31.2 Å². The van der Waals surface area contributed by atoms with Crippen LogP contribution in [-0.4, -0.2) is 20.7 Å². The molecule has 0 amide bonds. The number of hydrogen-bond donors (Lipinski definition) is 1. The normalized spacial score (nSPS) is 13.6. The smallest absolute Gasteiger partial charge is 0.357 e. The van der Waals surface area contributed by atoms with Crippen LogP contribution in [0.25, 0.3) is 10.9 Å². The predicted octanol–water partition coefficient (Wildman–Crippen LogP) is 2.50. The molecule has 0 unspecified atom stereocenters. The Balaban J connectivity index is 1.58. The highest BCUT2D eigenvalue weighted by Crippen LogP contribution is 2.24. The van der Waals surface area contributed by atoms with Crippen LogP contribution in [0.3, 0.4) is 0 Å². The molecule has 0 saturated carbocycles. The van der Waals surface area contributed by atoms with Gasteiger partial charge in [-0.3, -0.25) is 9.48 Å². The van der Waals surface area contributed by atoms with E-state index in [0.29, 0.717) is 11.3 Å². The van der Waals surface area contributed by atoms with E-state index in [-0.39, 0.29) is 12.2 Å². The summed E-state index contributed by atoms with van der Waals surface area (Å²) in [5, 5.41) is 5.34. The highest BCUT2D eigenvalue weighted by atomic mass is 16.5. The van der Waals surface area contributed by atoms with Gasteiger partial charge in [-0.2, -0.15) is 5.10 Å². The van der Waals surface area contributed by atoms with E-state index in [1.54, 1.807) is 17.8 Å². The standard InChI is InChI=1S/C19H19N3O3/c1-22-17(14-7-3-5-9-16(14)21-22)19(24)25-11-13-10-12-6-2-4-8-15(12)20-18(13)23/h2,4,6,8,10H,3,5,7,9,11H2,1H3,(H,20,23). The number of esters is 1. The maximum Gasteiger partial charge on any atom is 0.357 e. The van der Waals surface area contributed by atoms with Crippen LogP contribution in [0.4, 0.5) is 0 Å². The van der Waals surface area contributed by atoms with Gasteiger partial charge < -0.3 is 9.72 Å². The first-order valence-electron chi connectivity index (χ1n) is 8.46. The summed E-state index contributed by atoms with van der Waals surface area (Å²) in [5.41, 5.74) is 3.45. The van der Waals surface area contributed by atoms with Crippen molar-refractivity contribution in [3.63, 3.8) is 0 Å². The monoisotopic (exact) mass is 337 g/mol. The molecule has 2 heterocycles. The molecule has 0 spiro atoms. The molecule has 1 aliphatic carbocycles. The summed E-state index contributed by atoms with van der Waals surface area (Å²) >= 11 is 0. The Hall–Kier alpha value is -2.89. The molecule has 0 bridgehead atoms. The first-order valence-corrected chi connectivity index (χ1v) is 8.46. The number of fused-ring (bicyclic) bond motifs is 2. The molecule has 25 heavy (non-hydrogen) atoms. The molecule has 1 N–H and O–H groups in total. The van der Waals surface area contributed by atoms with Crippen LogP contribution < -0.4 is 5.56 Å². The highest BCUT2D eigenvalue weighted by molar-refractivity contribution is 5.89. The van der Waals surface area contributed by atoms with Gasteiger partial charge in [-0.1, -0.05) is 18.2 Å². The van der Waals surface area contributed by atoms with Gasteiger partial charge in [-0.05, 0) is 43.2 Å². The van der Waals surface area contributed by atoms with Crippen molar-refractivity contribution in [2.45, 2.75) is 32.3 Å². The summed E-state index contributed by atoms with van der Waals surface area (Å²) in [5.74, 6) is -0.425. The number of ether oxygens (including phenoxy) is 1. The topological polar surface area (TPSA) is 77.0 Å². The number of rotatable bonds is 3. The van der Waals surface area contributed by atoms with E-state index in [0.717, 1.165) is 47.8 Å². The van der Waals surface area contributed by atoms with Crippen LogP contribution in [0.5, 0.6) is 0 Å². The van der Waals surface area contributed by atoms with Crippen molar-refractivity contribution < 1.29 is 9.53 Å². The van der Waals surface area contributed by atoms with E-state index >= 15 is 0 Å². The van der Waals surface area contributed by atoms with Crippen molar-refractivity contribution in [2.24, 2.45) is 7.05 Å². The van der Waals surface area contributed by atoms with E-state index in [1.807, 2.05) is 24.3 Å². The van der Waals surface area contributed by atoms with Gasteiger partial charge >= 0.3 is 5.97 Å². The lowest BCUT2D eigenvalue weighted by Crippen LogP contribution is -2.18. The lowest BCUT2D eigenvalue weighted by atomic mass is 9.96. The van der Waals surface area contributed by atoms with Crippen molar-refractivity contribution in [3.05, 3.63) is 63.2 Å². The predicted molar refractivity (Wildman–Crippen MR) is 93.5 cm³/mol. The molecule has 0 atom stereocenters. The van der Waals surface area contributed by atoms with Gasteiger partial charge in [-0.25, -0.2) is 4.79 Å². The number of aromatic amines is 1. The Morgan fingerprint density at radius 3 is 2.96 bits per heavy atom. The van der Waals surface area contributed by atoms with Crippen LogP contribution in [0.2, 0.25) is 0 Å². The van der Waals surface area contributed by atoms with Crippen molar-refractivity contribution in [1.29, 1.82) is 0 Å². The van der Waals surface area contributed by atoms with Gasteiger partial charge in [0.15, 0.2) is 0 Å². The minimum absolute atomic E-state index is 0.0566. The second-order valence-electron chi connectivity index (χ2n) is 6.39. The molecular weight excluding hydrogens is 318 g/mol. The SMILES string of the molecule is Cn1nc2c(c1C(=O)OCc1cc3ccccc3[nH]c1=O)CCCC2. The number of para-hydroxylation sites is 1. The van der Waals surface area contributed by atoms with Crippen molar-refractivity contribution in [2.75, 3.05) is 0 Å². The average molecular weight is 337 g/mol. The first kappa shape index (κ1) is 15.6. The van der Waals surface area contributed by atoms with E-state index in [9.17, 15) is 9.59 Å². The molecule has 3 aromatic rings. The van der Waals surface area contributed by atoms with Crippen LogP contribution in [0.1, 0.15) is 40.2 Å². The number of hydrogen-bond acceptors (Lipinski definition) is 4. The quantitative estimate of drug-likeness (QED) is 0.745. The molecule has 0 saturated heterocycles. The molecule has 0 fully saturated rings. The van der Waals surface area contributed by atoms with Crippen LogP contribution >= 0.6 is 0 Å². The number of aromatic nitrogens is 3. The molecule has 4 rings (SSSR count). The second kappa shape index (κ2) is 6.20. The number of aryl methyl sites for hydroxylation is 2. The van der Waals surface area contributed by atoms with Gasteiger partial charge in [0.2, 0.25) is 0 Å². The van der Waals surface area contributed by atoms with Crippen molar-refractivity contribution in [1.82, 2.24) is 14.8 Å². The zero-order chi connectivity index (χ0) is 17.4. The summed E-state index contributed by atoms with van der Waals surface area (Å²) < 4.78 is 7.03. The lowest BCUT2D eigenvalue weighted by molar-refractivity contribution is 0.0457. The van der Waals surface area contributed by atoms with Gasteiger partial charge in [0, 0.05) is 18.1 Å². The third-order valence-electron chi connectivity index (χ3n) is 4.70. The first-order chi connectivity index (χ1) is 12.1. The lowest BCUT2D eigenvalue weighted by Gasteiger charge is -2.11. The fraction of sp³-hybridized carbons (Fsp3) is 0.316. The molecule has 2 aromatic heterocycles. The highest BCUT2D eigenvalue weighted by Gasteiger charge is 2.25. The van der Waals surface area contributed by atoms with E-state index in [1.165, 1.54) is 0 Å². The number of pyridine rings is 1. The zero-order valence-corrected chi connectivity index (χ0v) is 14.0. The minimum atomic E-state index is -0.425. The summed E-state index contributed by atoms with van der Waals surface area (Å²) in [6, 6.07) is 9.28. The Kier molecular flexibility index (Phi) is 3.87. The summed E-state index contributed by atoms with van der Waals surface area (Å²) in [4.78, 5) is 27.5. The largest absolute Gasteiger partial charge is 0.456 e. The number of H-pyrrole nitrogens is 1. The minimum Gasteiger partial charge on any atom is -0.456 e. The molecule has 6 nitrogen and oxygen atoms in total. The van der Waals surface area contributed by atoms with Crippen molar-refractivity contribution in [3.8, 4) is 0 Å². The Bertz CT molecular complexity index is 1020. The maximum atomic E-state index is 12.6. The fourth-order valence-electron chi connectivity index (χ4n) is 3.45. The summed E-state index contributed by atoms with van der Waals surface area (Å²) in [6.07, 6.45) is 3.92. The maximum absolute atomic E-state index is 12.6. The number of carbonyl (C=O) groups excluding carboxylic acids is 1. The molecule has 1 aliphatic rings. The van der Waals surface area contributed by atoms with E-state index < -0.39 is 5.97 Å².